The van der Waals surface area contributed by atoms with E-state index in [0.29, 0.717) is 0 Å². The number of carboxylic acid groups (broad SMARTS) is 1. The first-order chi connectivity index (χ1) is 18.6. The van der Waals surface area contributed by atoms with Gasteiger partial charge in [0.1, 0.15) is 5.82 Å². The summed E-state index contributed by atoms with van der Waals surface area (Å²) in [5, 5.41) is 13.4. The lowest BCUT2D eigenvalue weighted by atomic mass is 9.74. The Bertz CT molecular complexity index is 1450. The zero-order valence-electron chi connectivity index (χ0n) is 23.9. The number of nitrogens with zero attached hydrogens (tertiary/aromatic N) is 2. The van der Waals surface area contributed by atoms with Gasteiger partial charge in [-0.15, -0.1) is 0 Å². The number of para-hydroxylation sites is 1. The van der Waals surface area contributed by atoms with Crippen molar-refractivity contribution in [1.29, 1.82) is 0 Å². The second-order valence-corrected chi connectivity index (χ2v) is 12.5. The van der Waals surface area contributed by atoms with Gasteiger partial charge in [0.05, 0.1) is 12.1 Å². The molecular weight excluding hydrogens is 502 g/mol. The van der Waals surface area contributed by atoms with Crippen LogP contribution in [0.4, 0.5) is 17.2 Å². The third kappa shape index (κ3) is 5.31. The van der Waals surface area contributed by atoms with Crippen LogP contribution in [0.25, 0.3) is 16.7 Å². The average Bonchev–Trinajstić information content (AvgIpc) is 3.01. The van der Waals surface area contributed by atoms with Gasteiger partial charge in [-0.1, -0.05) is 50.1 Å². The number of fused-ring (bicyclic) bond motifs is 3. The molecule has 5 nitrogen and oxygen atoms in total. The summed E-state index contributed by atoms with van der Waals surface area (Å²) < 4.78 is 2.38. The van der Waals surface area contributed by atoms with E-state index in [2.05, 4.69) is 62.6 Å². The fourth-order valence-corrected chi connectivity index (χ4v) is 7.13. The molecule has 0 saturated carbocycles. The number of hydrogen-bond acceptors (Lipinski definition) is 5. The van der Waals surface area contributed by atoms with Crippen LogP contribution in [0.5, 0.6) is 0 Å². The highest BCUT2D eigenvalue weighted by Gasteiger charge is 2.33. The minimum atomic E-state index is -0.786. The highest BCUT2D eigenvalue weighted by Crippen LogP contribution is 2.50. The monoisotopic (exact) mass is 541 g/mol. The number of anilines is 3. The molecule has 0 bridgehead atoms. The molecule has 0 fully saturated rings. The Morgan fingerprint density at radius 2 is 1.92 bits per heavy atom. The standard InChI is InChI=1S/C33H39N3O2S/c1-20-16-24-17-28(35-25-10-8-7-9-11-25)34-19-27(24)31-22(3)30(23-12-14-33(4,5)15-13-23)26(18-29(37)38)21(2)32(31)36(20)39-6/h7-12,17,19-20H,13-16,18H2,1-6H3,(H,34,35)(H,37,38)/t20-/m0/s1. The highest BCUT2D eigenvalue weighted by molar-refractivity contribution is 8.00. The lowest BCUT2D eigenvalue weighted by molar-refractivity contribution is -0.136. The number of aliphatic carboxylic acids is 1. The van der Waals surface area contributed by atoms with E-state index >= 15 is 0 Å². The van der Waals surface area contributed by atoms with Gasteiger partial charge in [0.15, 0.2) is 0 Å². The Morgan fingerprint density at radius 1 is 1.18 bits per heavy atom. The van der Waals surface area contributed by atoms with Crippen LogP contribution in [0.15, 0.2) is 48.7 Å². The first-order valence-corrected chi connectivity index (χ1v) is 15.0. The van der Waals surface area contributed by atoms with E-state index in [1.54, 1.807) is 11.9 Å². The maximum absolute atomic E-state index is 12.2. The van der Waals surface area contributed by atoms with Crippen LogP contribution in [-0.4, -0.2) is 28.4 Å². The van der Waals surface area contributed by atoms with Crippen molar-refractivity contribution in [3.8, 4) is 11.1 Å². The SMILES string of the molecule is CSN1c2c(C)c(CC(=O)O)c(C3=CCC(C)(C)CC3)c(C)c2-c2cnc(Nc3ccccc3)cc2C[C@@H]1C. The molecule has 1 aliphatic carbocycles. The van der Waals surface area contributed by atoms with Crippen LogP contribution < -0.4 is 9.62 Å². The molecule has 1 aliphatic heterocycles. The van der Waals surface area contributed by atoms with Crippen LogP contribution in [0.3, 0.4) is 0 Å². The molecule has 0 radical (unpaired) electrons. The third-order valence-electron chi connectivity index (χ3n) is 8.36. The van der Waals surface area contributed by atoms with Crippen molar-refractivity contribution in [3.05, 3.63) is 76.5 Å². The highest BCUT2D eigenvalue weighted by atomic mass is 32.2. The summed E-state index contributed by atoms with van der Waals surface area (Å²) >= 11 is 1.71. The molecule has 2 aliphatic rings. The Labute approximate surface area is 236 Å². The summed E-state index contributed by atoms with van der Waals surface area (Å²) in [7, 11) is 0. The van der Waals surface area contributed by atoms with Crippen molar-refractivity contribution >= 4 is 40.7 Å². The molecule has 3 aromatic rings. The minimum absolute atomic E-state index is 0.0255. The number of rotatable bonds is 6. The van der Waals surface area contributed by atoms with Crippen molar-refractivity contribution in [1.82, 2.24) is 4.98 Å². The molecule has 1 atom stereocenters. The number of carboxylic acids is 1. The van der Waals surface area contributed by atoms with Crippen LogP contribution in [0.2, 0.25) is 0 Å². The summed E-state index contributed by atoms with van der Waals surface area (Å²) in [6.07, 6.45) is 10.5. The Balaban J connectivity index is 1.74. The van der Waals surface area contributed by atoms with Gasteiger partial charge < -0.3 is 14.7 Å². The quantitative estimate of drug-likeness (QED) is 0.306. The number of carbonyl (C=O) groups is 1. The predicted molar refractivity (Wildman–Crippen MR) is 165 cm³/mol. The maximum atomic E-state index is 12.2. The second kappa shape index (κ2) is 10.7. The Morgan fingerprint density at radius 3 is 2.56 bits per heavy atom. The molecule has 5 rings (SSSR count). The van der Waals surface area contributed by atoms with Crippen molar-refractivity contribution in [2.24, 2.45) is 5.41 Å². The second-order valence-electron chi connectivity index (χ2n) is 11.8. The molecular formula is C33H39N3O2S. The third-order valence-corrected chi connectivity index (χ3v) is 9.29. The van der Waals surface area contributed by atoms with Gasteiger partial charge >= 0.3 is 5.97 Å². The molecule has 2 N–H and O–H groups in total. The largest absolute Gasteiger partial charge is 0.481 e. The fraction of sp³-hybridized carbons (Fsp3) is 0.394. The average molecular weight is 542 g/mol. The molecule has 204 valence electrons. The Hall–Kier alpha value is -3.25. The van der Waals surface area contributed by atoms with Gasteiger partial charge in [0.2, 0.25) is 0 Å². The summed E-state index contributed by atoms with van der Waals surface area (Å²) in [5.41, 5.74) is 11.6. The van der Waals surface area contributed by atoms with Crippen LogP contribution >= 0.6 is 11.9 Å². The van der Waals surface area contributed by atoms with Gasteiger partial charge in [0, 0.05) is 35.3 Å². The molecule has 2 heterocycles. The van der Waals surface area contributed by atoms with Crippen LogP contribution in [0, 0.1) is 19.3 Å². The number of nitrogens with one attached hydrogen (secondary N) is 1. The molecule has 6 heteroatoms. The molecule has 0 spiro atoms. The predicted octanol–water partition coefficient (Wildman–Crippen LogP) is 8.36. The van der Waals surface area contributed by atoms with E-state index in [1.807, 2.05) is 36.5 Å². The number of pyridine rings is 1. The van der Waals surface area contributed by atoms with Crippen LogP contribution in [-0.2, 0) is 17.6 Å². The van der Waals surface area contributed by atoms with Gasteiger partial charge in [-0.2, -0.15) is 0 Å². The molecule has 39 heavy (non-hydrogen) atoms. The fourth-order valence-electron chi connectivity index (χ4n) is 6.28. The van der Waals surface area contributed by atoms with E-state index in [1.165, 1.54) is 16.7 Å². The van der Waals surface area contributed by atoms with Crippen molar-refractivity contribution < 1.29 is 9.90 Å². The van der Waals surface area contributed by atoms with Gasteiger partial charge in [0.25, 0.3) is 0 Å². The molecule has 0 saturated heterocycles. The van der Waals surface area contributed by atoms with E-state index in [0.717, 1.165) is 70.7 Å². The number of aromatic nitrogens is 1. The van der Waals surface area contributed by atoms with Crippen molar-refractivity contribution in [2.45, 2.75) is 72.8 Å². The molecule has 0 amide bonds. The lowest BCUT2D eigenvalue weighted by Gasteiger charge is -2.34. The van der Waals surface area contributed by atoms with Gasteiger partial charge in [-0.05, 0) is 103 Å². The normalized spacial score (nSPS) is 18.1. The minimum Gasteiger partial charge on any atom is -0.481 e. The maximum Gasteiger partial charge on any atom is 0.307 e. The summed E-state index contributed by atoms with van der Waals surface area (Å²) in [5.74, 6) is 0.0483. The van der Waals surface area contributed by atoms with E-state index in [-0.39, 0.29) is 17.9 Å². The summed E-state index contributed by atoms with van der Waals surface area (Å²) in [6, 6.07) is 12.5. The number of hydrogen-bond donors (Lipinski definition) is 2. The molecule has 1 aromatic heterocycles. The van der Waals surface area contributed by atoms with Gasteiger partial charge in [-0.25, -0.2) is 4.98 Å². The van der Waals surface area contributed by atoms with Crippen molar-refractivity contribution in [3.63, 3.8) is 0 Å². The van der Waals surface area contributed by atoms with E-state index < -0.39 is 5.97 Å². The molecule has 0 unspecified atom stereocenters. The zero-order chi connectivity index (χ0) is 27.9. The Kier molecular flexibility index (Phi) is 7.51. The smallest absolute Gasteiger partial charge is 0.307 e. The first-order valence-electron chi connectivity index (χ1n) is 13.8. The first kappa shape index (κ1) is 27.3. The molecule has 2 aromatic carbocycles. The topological polar surface area (TPSA) is 65.5 Å². The van der Waals surface area contributed by atoms with E-state index in [9.17, 15) is 9.90 Å². The zero-order valence-corrected chi connectivity index (χ0v) is 24.7. The van der Waals surface area contributed by atoms with E-state index in [4.69, 9.17) is 4.98 Å². The van der Waals surface area contributed by atoms with Crippen molar-refractivity contribution in [2.75, 3.05) is 15.9 Å². The van der Waals surface area contributed by atoms with Crippen LogP contribution in [0.1, 0.15) is 67.9 Å². The summed E-state index contributed by atoms with van der Waals surface area (Å²) in [6.45, 7) is 11.2. The number of benzene rings is 2. The summed E-state index contributed by atoms with van der Waals surface area (Å²) in [4.78, 5) is 17.0. The van der Waals surface area contributed by atoms with Gasteiger partial charge in [-0.3, -0.25) is 4.79 Å². The number of allylic oxidation sites excluding steroid dienone is 2. The lowest BCUT2D eigenvalue weighted by Crippen LogP contribution is -2.28.